The fraction of sp³-hybridized carbons (Fsp3) is 0.385. The number of nitrogens with one attached hydrogen (secondary N) is 1. The van der Waals surface area contributed by atoms with Crippen LogP contribution in [0.3, 0.4) is 0 Å². The molecule has 1 unspecified atom stereocenters. The Morgan fingerprint density at radius 2 is 2.17 bits per heavy atom. The van der Waals surface area contributed by atoms with Crippen molar-refractivity contribution in [2.75, 3.05) is 5.32 Å². The van der Waals surface area contributed by atoms with Gasteiger partial charge in [0.15, 0.2) is 0 Å². The van der Waals surface area contributed by atoms with Gasteiger partial charge in [-0.05, 0) is 30.5 Å². The molecule has 0 aliphatic rings. The lowest BCUT2D eigenvalue weighted by Crippen LogP contribution is -2.34. The molecule has 1 aromatic rings. The molecule has 1 rings (SSSR count). The molecule has 1 amide bonds. The number of hydrogen-bond acceptors (Lipinski definition) is 3. The molecule has 0 fully saturated rings. The van der Waals surface area contributed by atoms with Crippen LogP contribution in [0.2, 0.25) is 0 Å². The zero-order valence-electron chi connectivity index (χ0n) is 10.3. The molecular formula is C13H18N2O3. The van der Waals surface area contributed by atoms with Gasteiger partial charge >= 0.3 is 5.97 Å². The molecule has 4 N–H and O–H groups in total. The van der Waals surface area contributed by atoms with Gasteiger partial charge in [-0.1, -0.05) is 19.1 Å². The van der Waals surface area contributed by atoms with Crippen LogP contribution in [0, 0.1) is 0 Å². The van der Waals surface area contributed by atoms with Gasteiger partial charge in [0.2, 0.25) is 5.91 Å². The molecule has 98 valence electrons. The van der Waals surface area contributed by atoms with Gasteiger partial charge in [0.25, 0.3) is 0 Å². The molecule has 0 aliphatic heterocycles. The summed E-state index contributed by atoms with van der Waals surface area (Å²) in [6.45, 7) is 1.84. The average Bonchev–Trinajstić information content (AvgIpc) is 2.35. The Balaban J connectivity index is 2.64. The maximum absolute atomic E-state index is 11.6. The summed E-state index contributed by atoms with van der Waals surface area (Å²) in [6.07, 6.45) is 1.09. The minimum absolute atomic E-state index is 0.0753. The first-order valence-electron chi connectivity index (χ1n) is 5.90. The molecule has 0 heterocycles. The summed E-state index contributed by atoms with van der Waals surface area (Å²) < 4.78 is 0. The maximum atomic E-state index is 11.6. The van der Waals surface area contributed by atoms with Crippen LogP contribution in [0.25, 0.3) is 0 Å². The van der Waals surface area contributed by atoms with E-state index in [9.17, 15) is 9.59 Å². The molecule has 1 atom stereocenters. The summed E-state index contributed by atoms with van der Waals surface area (Å²) in [5, 5.41) is 11.3. The number of carboxylic acid groups (broad SMARTS) is 1. The Morgan fingerprint density at radius 1 is 1.44 bits per heavy atom. The highest BCUT2D eigenvalue weighted by atomic mass is 16.4. The van der Waals surface area contributed by atoms with E-state index in [1.54, 1.807) is 18.2 Å². The molecule has 0 bridgehead atoms. The van der Waals surface area contributed by atoms with Crippen molar-refractivity contribution in [1.29, 1.82) is 0 Å². The van der Waals surface area contributed by atoms with Gasteiger partial charge in [-0.3, -0.25) is 9.59 Å². The number of carbonyl (C=O) groups is 2. The number of carboxylic acids is 1. The van der Waals surface area contributed by atoms with Gasteiger partial charge in [-0.25, -0.2) is 0 Å². The number of carbonyl (C=O) groups excluding carboxylic acids is 1. The van der Waals surface area contributed by atoms with Crippen molar-refractivity contribution in [3.05, 3.63) is 29.8 Å². The third-order valence-corrected chi connectivity index (χ3v) is 2.60. The quantitative estimate of drug-likeness (QED) is 0.711. The van der Waals surface area contributed by atoms with Gasteiger partial charge in [0.1, 0.15) is 0 Å². The van der Waals surface area contributed by atoms with Crippen LogP contribution in [0.4, 0.5) is 5.69 Å². The van der Waals surface area contributed by atoms with E-state index in [-0.39, 0.29) is 12.3 Å². The van der Waals surface area contributed by atoms with Gasteiger partial charge < -0.3 is 16.2 Å². The SMILES string of the molecule is CCC(N)C(=O)Nc1cccc(CCC(=O)O)c1. The lowest BCUT2D eigenvalue weighted by molar-refractivity contribution is -0.137. The molecule has 0 saturated carbocycles. The third kappa shape index (κ3) is 4.55. The topological polar surface area (TPSA) is 92.4 Å². The first-order chi connectivity index (χ1) is 8.52. The number of nitrogens with two attached hydrogens (primary N) is 1. The van der Waals surface area contributed by atoms with Crippen LogP contribution in [0.5, 0.6) is 0 Å². The highest BCUT2D eigenvalue weighted by molar-refractivity contribution is 5.94. The summed E-state index contributed by atoms with van der Waals surface area (Å²) in [6, 6.07) is 6.61. The highest BCUT2D eigenvalue weighted by Gasteiger charge is 2.11. The Morgan fingerprint density at radius 3 is 2.78 bits per heavy atom. The van der Waals surface area contributed by atoms with Crippen LogP contribution in [-0.2, 0) is 16.0 Å². The number of hydrogen-bond donors (Lipinski definition) is 3. The number of aryl methyl sites for hydroxylation is 1. The van der Waals surface area contributed by atoms with E-state index < -0.39 is 12.0 Å². The standard InChI is InChI=1S/C13H18N2O3/c1-2-11(14)13(18)15-10-5-3-4-9(8-10)6-7-12(16)17/h3-5,8,11H,2,6-7,14H2,1H3,(H,15,18)(H,16,17). The van der Waals surface area contributed by atoms with Crippen LogP contribution in [-0.4, -0.2) is 23.0 Å². The Bertz CT molecular complexity index is 432. The molecule has 0 spiro atoms. The van der Waals surface area contributed by atoms with Gasteiger partial charge in [-0.15, -0.1) is 0 Å². The van der Waals surface area contributed by atoms with E-state index in [4.69, 9.17) is 10.8 Å². The van der Waals surface area contributed by atoms with Crippen LogP contribution < -0.4 is 11.1 Å². The summed E-state index contributed by atoms with van der Waals surface area (Å²) >= 11 is 0. The predicted molar refractivity (Wildman–Crippen MR) is 69.3 cm³/mol. The summed E-state index contributed by atoms with van der Waals surface area (Å²) in [7, 11) is 0. The number of amides is 1. The van der Waals surface area contributed by atoms with E-state index >= 15 is 0 Å². The minimum Gasteiger partial charge on any atom is -0.481 e. The molecule has 1 aromatic carbocycles. The monoisotopic (exact) mass is 250 g/mol. The second kappa shape index (κ2) is 6.76. The van der Waals surface area contributed by atoms with Gasteiger partial charge in [-0.2, -0.15) is 0 Å². The van der Waals surface area contributed by atoms with Crippen molar-refractivity contribution >= 4 is 17.6 Å². The second-order valence-corrected chi connectivity index (χ2v) is 4.10. The van der Waals surface area contributed by atoms with E-state index in [1.165, 1.54) is 0 Å². The van der Waals surface area contributed by atoms with Gasteiger partial charge in [0, 0.05) is 12.1 Å². The largest absolute Gasteiger partial charge is 0.481 e. The molecular weight excluding hydrogens is 232 g/mol. The second-order valence-electron chi connectivity index (χ2n) is 4.10. The zero-order valence-corrected chi connectivity index (χ0v) is 10.3. The summed E-state index contributed by atoms with van der Waals surface area (Å²) in [5.74, 6) is -1.06. The van der Waals surface area contributed by atoms with Crippen LogP contribution in [0.15, 0.2) is 24.3 Å². The Hall–Kier alpha value is -1.88. The molecule has 18 heavy (non-hydrogen) atoms. The molecule has 5 nitrogen and oxygen atoms in total. The molecule has 0 aliphatic carbocycles. The Kier molecular flexibility index (Phi) is 5.32. The summed E-state index contributed by atoms with van der Waals surface area (Å²) in [4.78, 5) is 22.1. The average molecular weight is 250 g/mol. The van der Waals surface area contributed by atoms with Crippen molar-refractivity contribution in [3.63, 3.8) is 0 Å². The van der Waals surface area contributed by atoms with E-state index in [1.807, 2.05) is 13.0 Å². The van der Waals surface area contributed by atoms with E-state index in [0.717, 1.165) is 5.56 Å². The van der Waals surface area contributed by atoms with E-state index in [2.05, 4.69) is 5.32 Å². The first kappa shape index (κ1) is 14.2. The lowest BCUT2D eigenvalue weighted by atomic mass is 10.1. The van der Waals surface area contributed by atoms with Crippen molar-refractivity contribution in [1.82, 2.24) is 0 Å². The van der Waals surface area contributed by atoms with Crippen LogP contribution in [0.1, 0.15) is 25.3 Å². The van der Waals surface area contributed by atoms with Crippen molar-refractivity contribution in [2.24, 2.45) is 5.73 Å². The van der Waals surface area contributed by atoms with Crippen LogP contribution >= 0.6 is 0 Å². The fourth-order valence-corrected chi connectivity index (χ4v) is 1.48. The number of rotatable bonds is 6. The normalized spacial score (nSPS) is 11.9. The molecule has 0 radical (unpaired) electrons. The molecule has 5 heteroatoms. The van der Waals surface area contributed by atoms with Crippen molar-refractivity contribution < 1.29 is 14.7 Å². The number of anilines is 1. The predicted octanol–water partition coefficient (Wildman–Crippen LogP) is 1.38. The minimum atomic E-state index is -0.836. The van der Waals surface area contributed by atoms with Crippen molar-refractivity contribution in [2.45, 2.75) is 32.2 Å². The highest BCUT2D eigenvalue weighted by Crippen LogP contribution is 2.12. The Labute approximate surface area is 106 Å². The number of benzene rings is 1. The first-order valence-corrected chi connectivity index (χ1v) is 5.90. The zero-order chi connectivity index (χ0) is 13.5. The maximum Gasteiger partial charge on any atom is 0.303 e. The molecule has 0 saturated heterocycles. The third-order valence-electron chi connectivity index (χ3n) is 2.60. The van der Waals surface area contributed by atoms with Crippen molar-refractivity contribution in [3.8, 4) is 0 Å². The fourth-order valence-electron chi connectivity index (χ4n) is 1.48. The lowest BCUT2D eigenvalue weighted by Gasteiger charge is -2.10. The molecule has 0 aromatic heterocycles. The summed E-state index contributed by atoms with van der Waals surface area (Å²) in [5.41, 5.74) is 7.13. The van der Waals surface area contributed by atoms with Gasteiger partial charge in [0.05, 0.1) is 6.04 Å². The van der Waals surface area contributed by atoms with E-state index in [0.29, 0.717) is 18.5 Å². The smallest absolute Gasteiger partial charge is 0.303 e. The number of aliphatic carboxylic acids is 1.